The quantitative estimate of drug-likeness (QED) is 0.768. The largest absolute Gasteiger partial charge is 0.481 e. The Bertz CT molecular complexity index is 499. The van der Waals surface area contributed by atoms with Crippen LogP contribution in [0.4, 0.5) is 5.69 Å². The van der Waals surface area contributed by atoms with Gasteiger partial charge in [0.15, 0.2) is 0 Å². The summed E-state index contributed by atoms with van der Waals surface area (Å²) in [6, 6.07) is 5.59. The van der Waals surface area contributed by atoms with E-state index in [1.807, 2.05) is 12.1 Å². The van der Waals surface area contributed by atoms with Gasteiger partial charge in [-0.2, -0.15) is 0 Å². The van der Waals surface area contributed by atoms with Crippen LogP contribution in [-0.2, 0) is 11.2 Å². The second-order valence-electron chi connectivity index (χ2n) is 4.81. The molecule has 0 bridgehead atoms. The minimum Gasteiger partial charge on any atom is -0.481 e. The van der Waals surface area contributed by atoms with E-state index >= 15 is 0 Å². The third-order valence-electron chi connectivity index (χ3n) is 3.33. The Labute approximate surface area is 112 Å². The molecule has 1 aliphatic heterocycles. The molecule has 102 valence electrons. The van der Waals surface area contributed by atoms with Gasteiger partial charge in [0, 0.05) is 24.3 Å². The minimum atomic E-state index is -0.906. The number of nitrogens with one attached hydrogen (secondary N) is 2. The Hall–Kier alpha value is -2.04. The van der Waals surface area contributed by atoms with E-state index < -0.39 is 11.9 Å². The highest BCUT2D eigenvalue weighted by molar-refractivity contribution is 5.97. The summed E-state index contributed by atoms with van der Waals surface area (Å²) in [6.07, 6.45) is 1.88. The number of anilines is 1. The highest BCUT2D eigenvalue weighted by Gasteiger charge is 2.18. The maximum Gasteiger partial charge on any atom is 0.308 e. The predicted molar refractivity (Wildman–Crippen MR) is 72.4 cm³/mol. The molecule has 2 rings (SSSR count). The van der Waals surface area contributed by atoms with Crippen molar-refractivity contribution in [2.45, 2.75) is 19.8 Å². The molecule has 5 heteroatoms. The van der Waals surface area contributed by atoms with Gasteiger partial charge in [-0.1, -0.05) is 13.0 Å². The van der Waals surface area contributed by atoms with Crippen LogP contribution in [0.3, 0.4) is 0 Å². The van der Waals surface area contributed by atoms with E-state index in [4.69, 9.17) is 5.11 Å². The number of hydrogen-bond donors (Lipinski definition) is 3. The number of carboxylic acids is 1. The van der Waals surface area contributed by atoms with Crippen LogP contribution in [0.2, 0.25) is 0 Å². The normalized spacial score (nSPS) is 15.0. The average Bonchev–Trinajstić information content (AvgIpc) is 2.43. The highest BCUT2D eigenvalue weighted by atomic mass is 16.4. The molecule has 19 heavy (non-hydrogen) atoms. The molecule has 1 aromatic rings. The molecule has 0 radical (unpaired) electrons. The number of hydrogen-bond acceptors (Lipinski definition) is 3. The minimum absolute atomic E-state index is 0.144. The zero-order chi connectivity index (χ0) is 13.8. The zero-order valence-corrected chi connectivity index (χ0v) is 10.9. The number of benzene rings is 1. The van der Waals surface area contributed by atoms with Crippen LogP contribution in [0.15, 0.2) is 18.2 Å². The number of aliphatic carboxylic acids is 1. The first kappa shape index (κ1) is 13.4. The lowest BCUT2D eigenvalue weighted by Crippen LogP contribution is -2.32. The van der Waals surface area contributed by atoms with Crippen molar-refractivity contribution in [1.29, 1.82) is 0 Å². The monoisotopic (exact) mass is 262 g/mol. The van der Waals surface area contributed by atoms with Crippen molar-refractivity contribution >= 4 is 17.6 Å². The molecule has 0 spiro atoms. The second-order valence-corrected chi connectivity index (χ2v) is 4.81. The molecular formula is C14H18N2O3. The molecule has 0 saturated carbocycles. The molecule has 0 aliphatic carbocycles. The van der Waals surface area contributed by atoms with E-state index in [0.717, 1.165) is 30.6 Å². The first-order valence-corrected chi connectivity index (χ1v) is 6.46. The summed E-state index contributed by atoms with van der Waals surface area (Å²) < 4.78 is 0. The molecule has 0 aromatic heterocycles. The van der Waals surface area contributed by atoms with Gasteiger partial charge in [-0.15, -0.1) is 0 Å². The topological polar surface area (TPSA) is 78.4 Å². The van der Waals surface area contributed by atoms with Crippen LogP contribution in [0, 0.1) is 5.92 Å². The lowest BCUT2D eigenvalue weighted by molar-refractivity contribution is -0.140. The SMILES string of the molecule is CC(CNC(=O)c1cccc2c1CCCN2)C(=O)O. The summed E-state index contributed by atoms with van der Waals surface area (Å²) in [4.78, 5) is 22.8. The van der Waals surface area contributed by atoms with Gasteiger partial charge in [0.2, 0.25) is 0 Å². The summed E-state index contributed by atoms with van der Waals surface area (Å²) in [7, 11) is 0. The van der Waals surface area contributed by atoms with Crippen molar-refractivity contribution < 1.29 is 14.7 Å². The summed E-state index contributed by atoms with van der Waals surface area (Å²) >= 11 is 0. The molecule has 1 aromatic carbocycles. The third kappa shape index (κ3) is 3.05. The summed E-state index contributed by atoms with van der Waals surface area (Å²) in [5, 5.41) is 14.7. The first-order valence-electron chi connectivity index (χ1n) is 6.46. The molecule has 0 fully saturated rings. The molecule has 1 aliphatic rings. The number of fused-ring (bicyclic) bond motifs is 1. The maximum absolute atomic E-state index is 12.1. The smallest absolute Gasteiger partial charge is 0.308 e. The van der Waals surface area contributed by atoms with Gasteiger partial charge in [-0.3, -0.25) is 9.59 Å². The number of carboxylic acid groups (broad SMARTS) is 1. The van der Waals surface area contributed by atoms with E-state index in [1.54, 1.807) is 13.0 Å². The Morgan fingerprint density at radius 1 is 1.47 bits per heavy atom. The van der Waals surface area contributed by atoms with Crippen molar-refractivity contribution in [2.75, 3.05) is 18.4 Å². The first-order chi connectivity index (χ1) is 9.09. The van der Waals surface area contributed by atoms with Gasteiger partial charge in [-0.25, -0.2) is 0 Å². The van der Waals surface area contributed by atoms with Crippen molar-refractivity contribution in [2.24, 2.45) is 5.92 Å². The molecule has 1 heterocycles. The number of amides is 1. The van der Waals surface area contributed by atoms with Gasteiger partial charge in [0.05, 0.1) is 5.92 Å². The van der Waals surface area contributed by atoms with E-state index in [9.17, 15) is 9.59 Å². The maximum atomic E-state index is 12.1. The molecule has 3 N–H and O–H groups in total. The zero-order valence-electron chi connectivity index (χ0n) is 10.9. The fourth-order valence-electron chi connectivity index (χ4n) is 2.15. The fraction of sp³-hybridized carbons (Fsp3) is 0.429. The van der Waals surface area contributed by atoms with Crippen LogP contribution < -0.4 is 10.6 Å². The van der Waals surface area contributed by atoms with Gasteiger partial charge < -0.3 is 15.7 Å². The molecule has 1 unspecified atom stereocenters. The molecule has 0 saturated heterocycles. The number of carbonyl (C=O) groups is 2. The van der Waals surface area contributed by atoms with Crippen molar-refractivity contribution in [3.8, 4) is 0 Å². The molecule has 1 atom stereocenters. The van der Waals surface area contributed by atoms with Crippen LogP contribution in [0.5, 0.6) is 0 Å². The summed E-state index contributed by atoms with van der Waals surface area (Å²) in [6.45, 7) is 2.64. The van der Waals surface area contributed by atoms with E-state index in [-0.39, 0.29) is 12.5 Å². The summed E-state index contributed by atoms with van der Waals surface area (Å²) in [5.41, 5.74) is 2.67. The molecular weight excluding hydrogens is 244 g/mol. The average molecular weight is 262 g/mol. The van der Waals surface area contributed by atoms with E-state index in [0.29, 0.717) is 5.56 Å². The van der Waals surface area contributed by atoms with Gasteiger partial charge in [-0.05, 0) is 30.5 Å². The van der Waals surface area contributed by atoms with Crippen LogP contribution in [-0.4, -0.2) is 30.1 Å². The summed E-state index contributed by atoms with van der Waals surface area (Å²) in [5.74, 6) is -1.69. The fourth-order valence-corrected chi connectivity index (χ4v) is 2.15. The lowest BCUT2D eigenvalue weighted by atomic mass is 9.97. The van der Waals surface area contributed by atoms with Gasteiger partial charge in [0.1, 0.15) is 0 Å². The van der Waals surface area contributed by atoms with Gasteiger partial charge >= 0.3 is 5.97 Å². The second kappa shape index (κ2) is 5.73. The number of carbonyl (C=O) groups excluding carboxylic acids is 1. The number of rotatable bonds is 4. The van der Waals surface area contributed by atoms with Crippen molar-refractivity contribution in [3.05, 3.63) is 29.3 Å². The predicted octanol–water partition coefficient (Wildman–Crippen LogP) is 1.50. The molecule has 5 nitrogen and oxygen atoms in total. The van der Waals surface area contributed by atoms with E-state index in [1.165, 1.54) is 0 Å². The Kier molecular flexibility index (Phi) is 4.04. The van der Waals surface area contributed by atoms with Crippen LogP contribution in [0.1, 0.15) is 29.3 Å². The Balaban J connectivity index is 2.09. The van der Waals surface area contributed by atoms with Gasteiger partial charge in [0.25, 0.3) is 5.91 Å². The lowest BCUT2D eigenvalue weighted by Gasteiger charge is -2.20. The van der Waals surface area contributed by atoms with Crippen LogP contribution >= 0.6 is 0 Å². The Morgan fingerprint density at radius 3 is 3.00 bits per heavy atom. The molecule has 1 amide bonds. The highest BCUT2D eigenvalue weighted by Crippen LogP contribution is 2.25. The standard InChI is InChI=1S/C14H18N2O3/c1-9(14(18)19)8-16-13(17)11-4-2-6-12-10(11)5-3-7-15-12/h2,4,6,9,15H,3,5,7-8H2,1H3,(H,16,17)(H,18,19). The Morgan fingerprint density at radius 2 is 2.26 bits per heavy atom. The third-order valence-corrected chi connectivity index (χ3v) is 3.33. The van der Waals surface area contributed by atoms with Crippen LogP contribution in [0.25, 0.3) is 0 Å². The van der Waals surface area contributed by atoms with Crippen molar-refractivity contribution in [3.63, 3.8) is 0 Å². The van der Waals surface area contributed by atoms with Crippen molar-refractivity contribution in [1.82, 2.24) is 5.32 Å². The van der Waals surface area contributed by atoms with E-state index in [2.05, 4.69) is 10.6 Å².